The summed E-state index contributed by atoms with van der Waals surface area (Å²) in [6, 6.07) is 16.9. The largest absolute Gasteiger partial charge is 0.493 e. The van der Waals surface area contributed by atoms with E-state index in [-0.39, 0.29) is 23.1 Å². The molecule has 1 saturated heterocycles. The summed E-state index contributed by atoms with van der Waals surface area (Å²) in [7, 11) is 0. The van der Waals surface area contributed by atoms with Crippen LogP contribution in [0.4, 0.5) is 4.39 Å². The van der Waals surface area contributed by atoms with Crippen LogP contribution in [0.15, 0.2) is 75.9 Å². The number of nitrogens with zero attached hydrogens (tertiary/aromatic N) is 4. The van der Waals surface area contributed by atoms with Gasteiger partial charge in [-0.1, -0.05) is 35.5 Å². The van der Waals surface area contributed by atoms with Crippen molar-refractivity contribution in [3.8, 4) is 17.1 Å². The summed E-state index contributed by atoms with van der Waals surface area (Å²) in [5.41, 5.74) is 1.29. The molecule has 1 aliphatic rings. The molecule has 1 N–H and O–H groups in total. The lowest BCUT2D eigenvalue weighted by molar-refractivity contribution is -0.132. The summed E-state index contributed by atoms with van der Waals surface area (Å²) >= 11 is 0. The Hall–Kier alpha value is -4.51. The Morgan fingerprint density at radius 3 is 2.71 bits per heavy atom. The summed E-state index contributed by atoms with van der Waals surface area (Å²) in [5, 5.41) is 6.64. The maximum Gasteiger partial charge on any atom is 0.287 e. The number of furan rings is 1. The third-order valence-electron chi connectivity index (χ3n) is 7.10. The standard InChI is InChI=1S/C31H34FN5O5/c1-22(33-30(38)27-10-5-18-41-27)31(39)37-15-6-13-36(16-17-37)14-7-19-40-24-11-12-25(26(32)21-24)29-34-28(42-35-29)20-23-8-3-2-4-9-23/h2-5,8-12,18,21-22H,6-7,13-17,19-20H2,1H3,(H,33,38)/t22-/m0/s1. The molecule has 11 heteroatoms. The van der Waals surface area contributed by atoms with E-state index < -0.39 is 17.8 Å². The molecule has 2 amide bonds. The number of hydrogen-bond acceptors (Lipinski definition) is 8. The predicted octanol–water partition coefficient (Wildman–Crippen LogP) is 4.18. The van der Waals surface area contributed by atoms with E-state index in [1.807, 2.05) is 30.3 Å². The molecule has 0 radical (unpaired) electrons. The van der Waals surface area contributed by atoms with E-state index in [1.54, 1.807) is 36.1 Å². The number of aromatic nitrogens is 2. The molecule has 0 bridgehead atoms. The fraction of sp³-hybridized carbons (Fsp3) is 0.355. The van der Waals surface area contributed by atoms with Crippen molar-refractivity contribution in [3.63, 3.8) is 0 Å². The molecule has 5 rings (SSSR count). The van der Waals surface area contributed by atoms with Gasteiger partial charge in [-0.05, 0) is 56.1 Å². The first-order chi connectivity index (χ1) is 20.5. The summed E-state index contributed by atoms with van der Waals surface area (Å²) in [4.78, 5) is 33.5. The molecule has 0 spiro atoms. The minimum absolute atomic E-state index is 0.112. The number of rotatable bonds is 11. The van der Waals surface area contributed by atoms with Gasteiger partial charge in [0.2, 0.25) is 17.6 Å². The molecule has 0 aliphatic carbocycles. The molecule has 0 saturated carbocycles. The minimum atomic E-state index is -0.647. The van der Waals surface area contributed by atoms with Crippen LogP contribution in [0.2, 0.25) is 0 Å². The van der Waals surface area contributed by atoms with Gasteiger partial charge < -0.3 is 28.8 Å². The maximum absolute atomic E-state index is 14.8. The average molecular weight is 576 g/mol. The van der Waals surface area contributed by atoms with Crippen molar-refractivity contribution in [2.75, 3.05) is 39.3 Å². The first kappa shape index (κ1) is 29.0. The van der Waals surface area contributed by atoms with Crippen LogP contribution in [0.25, 0.3) is 11.4 Å². The number of nitrogens with one attached hydrogen (secondary N) is 1. The van der Waals surface area contributed by atoms with Crippen LogP contribution < -0.4 is 10.1 Å². The smallest absolute Gasteiger partial charge is 0.287 e. The van der Waals surface area contributed by atoms with Gasteiger partial charge in [0.05, 0.1) is 24.9 Å². The Balaban J connectivity index is 1.04. The maximum atomic E-state index is 14.8. The number of ether oxygens (including phenoxy) is 1. The van der Waals surface area contributed by atoms with Crippen molar-refractivity contribution >= 4 is 11.8 Å². The average Bonchev–Trinajstić information content (AvgIpc) is 3.64. The Bertz CT molecular complexity index is 1460. The Labute approximate surface area is 243 Å². The van der Waals surface area contributed by atoms with E-state index in [9.17, 15) is 14.0 Å². The number of halogens is 1. The van der Waals surface area contributed by atoms with Crippen molar-refractivity contribution in [2.45, 2.75) is 32.2 Å². The Kier molecular flexibility index (Phi) is 9.60. The molecular weight excluding hydrogens is 541 g/mol. The SMILES string of the molecule is C[C@H](NC(=O)c1ccco1)C(=O)N1CCCN(CCCOc2ccc(-c3noc(Cc4ccccc4)n3)c(F)c2)CC1. The van der Waals surface area contributed by atoms with Gasteiger partial charge in [0.15, 0.2) is 5.76 Å². The van der Waals surface area contributed by atoms with Crippen molar-refractivity contribution < 1.29 is 27.7 Å². The Morgan fingerprint density at radius 2 is 1.93 bits per heavy atom. The molecule has 2 aromatic heterocycles. The molecule has 3 heterocycles. The molecule has 42 heavy (non-hydrogen) atoms. The van der Waals surface area contributed by atoms with E-state index in [4.69, 9.17) is 13.7 Å². The molecule has 1 atom stereocenters. The van der Waals surface area contributed by atoms with Crippen LogP contribution in [0.1, 0.15) is 41.8 Å². The summed E-state index contributed by atoms with van der Waals surface area (Å²) in [6.45, 7) is 5.70. The highest BCUT2D eigenvalue weighted by Gasteiger charge is 2.25. The summed E-state index contributed by atoms with van der Waals surface area (Å²) in [5.74, 6) is 0.233. The van der Waals surface area contributed by atoms with Crippen LogP contribution in [0, 0.1) is 5.82 Å². The number of carbonyl (C=O) groups is 2. The number of amides is 2. The predicted molar refractivity (Wildman–Crippen MR) is 152 cm³/mol. The summed E-state index contributed by atoms with van der Waals surface area (Å²) < 4.78 is 31.1. The zero-order valence-corrected chi connectivity index (χ0v) is 23.5. The highest BCUT2D eigenvalue weighted by molar-refractivity contribution is 5.95. The van der Waals surface area contributed by atoms with Crippen LogP contribution in [-0.4, -0.2) is 77.1 Å². The van der Waals surface area contributed by atoms with Gasteiger partial charge in [-0.2, -0.15) is 4.98 Å². The van der Waals surface area contributed by atoms with E-state index in [0.717, 1.165) is 38.0 Å². The lowest BCUT2D eigenvalue weighted by Crippen LogP contribution is -2.48. The van der Waals surface area contributed by atoms with E-state index in [1.165, 1.54) is 12.3 Å². The van der Waals surface area contributed by atoms with Crippen molar-refractivity contribution in [1.82, 2.24) is 25.3 Å². The molecule has 2 aromatic carbocycles. The van der Waals surface area contributed by atoms with Crippen LogP contribution in [0.5, 0.6) is 5.75 Å². The fourth-order valence-electron chi connectivity index (χ4n) is 4.88. The van der Waals surface area contributed by atoms with Gasteiger partial charge in [0, 0.05) is 32.2 Å². The molecule has 4 aromatic rings. The molecule has 220 valence electrons. The van der Waals surface area contributed by atoms with Crippen molar-refractivity contribution in [2.24, 2.45) is 0 Å². The second kappa shape index (κ2) is 13.9. The minimum Gasteiger partial charge on any atom is -0.493 e. The summed E-state index contributed by atoms with van der Waals surface area (Å²) in [6.07, 6.45) is 3.48. The first-order valence-electron chi connectivity index (χ1n) is 14.1. The fourth-order valence-corrected chi connectivity index (χ4v) is 4.88. The molecule has 0 unspecified atom stereocenters. The third kappa shape index (κ3) is 7.61. The topological polar surface area (TPSA) is 114 Å². The molecule has 1 fully saturated rings. The quantitative estimate of drug-likeness (QED) is 0.265. The highest BCUT2D eigenvalue weighted by Crippen LogP contribution is 2.25. The van der Waals surface area contributed by atoms with Gasteiger partial charge in [0.25, 0.3) is 5.91 Å². The van der Waals surface area contributed by atoms with Gasteiger partial charge in [-0.15, -0.1) is 0 Å². The van der Waals surface area contributed by atoms with Crippen LogP contribution >= 0.6 is 0 Å². The van der Waals surface area contributed by atoms with Crippen molar-refractivity contribution in [1.29, 1.82) is 0 Å². The second-order valence-electron chi connectivity index (χ2n) is 10.2. The second-order valence-corrected chi connectivity index (χ2v) is 10.2. The Morgan fingerprint density at radius 1 is 1.07 bits per heavy atom. The van der Waals surface area contributed by atoms with Crippen molar-refractivity contribution in [3.05, 3.63) is 90.0 Å². The molecule has 1 aliphatic heterocycles. The number of hydrogen-bond donors (Lipinski definition) is 1. The number of carbonyl (C=O) groups excluding carboxylic acids is 2. The lowest BCUT2D eigenvalue weighted by Gasteiger charge is -2.25. The molecule has 10 nitrogen and oxygen atoms in total. The number of benzene rings is 2. The van der Waals surface area contributed by atoms with Gasteiger partial charge >= 0.3 is 0 Å². The van der Waals surface area contributed by atoms with E-state index in [0.29, 0.717) is 37.8 Å². The van der Waals surface area contributed by atoms with Gasteiger partial charge in [0.1, 0.15) is 17.6 Å². The van der Waals surface area contributed by atoms with Gasteiger partial charge in [-0.25, -0.2) is 4.39 Å². The lowest BCUT2D eigenvalue weighted by atomic mass is 10.1. The third-order valence-corrected chi connectivity index (χ3v) is 7.10. The zero-order chi connectivity index (χ0) is 29.3. The molecular formula is C31H34FN5O5. The van der Waals surface area contributed by atoms with E-state index in [2.05, 4.69) is 20.4 Å². The van der Waals surface area contributed by atoms with Gasteiger partial charge in [-0.3, -0.25) is 9.59 Å². The highest BCUT2D eigenvalue weighted by atomic mass is 19.1. The normalized spacial score (nSPS) is 14.8. The zero-order valence-electron chi connectivity index (χ0n) is 23.5. The monoisotopic (exact) mass is 575 g/mol. The van der Waals surface area contributed by atoms with Crippen LogP contribution in [-0.2, 0) is 11.2 Å². The van der Waals surface area contributed by atoms with E-state index >= 15 is 0 Å². The first-order valence-corrected chi connectivity index (χ1v) is 14.1. The van der Waals surface area contributed by atoms with Crippen LogP contribution in [0.3, 0.4) is 0 Å².